The first kappa shape index (κ1) is 17.6. The minimum absolute atomic E-state index is 0. The molecular weight excluding hydrogens is 342 g/mol. The number of para-hydroxylation sites is 1. The number of aromatic nitrogens is 3. The van der Waals surface area contributed by atoms with Crippen LogP contribution in [-0.2, 0) is 7.05 Å². The molecule has 1 unspecified atom stereocenters. The maximum absolute atomic E-state index is 12.2. The summed E-state index contributed by atoms with van der Waals surface area (Å²) in [4.78, 5) is 19.0. The first-order valence-corrected chi connectivity index (χ1v) is 7.99. The quantitative estimate of drug-likeness (QED) is 0.747. The molecule has 0 saturated carbocycles. The normalized spacial score (nSPS) is 18.2. The van der Waals surface area contributed by atoms with E-state index in [2.05, 4.69) is 27.4 Å². The van der Waals surface area contributed by atoms with Crippen LogP contribution >= 0.6 is 12.4 Å². The molecule has 1 atom stereocenters. The van der Waals surface area contributed by atoms with Gasteiger partial charge in [-0.15, -0.1) is 12.4 Å². The average Bonchev–Trinajstić information content (AvgIpc) is 3.08. The average molecular weight is 362 g/mol. The smallest absolute Gasteiger partial charge is 0.258 e. The number of piperazine rings is 1. The monoisotopic (exact) mass is 361 g/mol. The van der Waals surface area contributed by atoms with E-state index < -0.39 is 0 Å². The Morgan fingerprint density at radius 1 is 1.28 bits per heavy atom. The van der Waals surface area contributed by atoms with Gasteiger partial charge in [0.1, 0.15) is 0 Å². The molecule has 1 saturated heterocycles. The molecule has 0 aliphatic carbocycles. The van der Waals surface area contributed by atoms with Crippen molar-refractivity contribution in [2.45, 2.75) is 6.04 Å². The molecule has 2 aromatic heterocycles. The van der Waals surface area contributed by atoms with Gasteiger partial charge in [-0.05, 0) is 13.1 Å². The Balaban J connectivity index is 0.00000182. The van der Waals surface area contributed by atoms with Crippen molar-refractivity contribution >= 4 is 23.3 Å². The Bertz CT molecular complexity index is 952. The van der Waals surface area contributed by atoms with Crippen LogP contribution in [0.2, 0.25) is 0 Å². The van der Waals surface area contributed by atoms with E-state index in [-0.39, 0.29) is 24.0 Å². The van der Waals surface area contributed by atoms with Crippen molar-refractivity contribution in [1.29, 1.82) is 0 Å². The van der Waals surface area contributed by atoms with Crippen molar-refractivity contribution in [2.75, 3.05) is 26.7 Å². The first-order chi connectivity index (χ1) is 11.6. The molecule has 4 rings (SSSR count). The van der Waals surface area contributed by atoms with Crippen molar-refractivity contribution in [3.8, 4) is 11.5 Å². The number of benzene rings is 1. The highest BCUT2D eigenvalue weighted by atomic mass is 35.5. The maximum atomic E-state index is 12.2. The van der Waals surface area contributed by atoms with Crippen LogP contribution in [0.15, 0.2) is 39.6 Å². The Morgan fingerprint density at radius 2 is 2.08 bits per heavy atom. The van der Waals surface area contributed by atoms with E-state index in [0.717, 1.165) is 30.5 Å². The van der Waals surface area contributed by atoms with E-state index in [1.165, 1.54) is 0 Å². The Kier molecular flexibility index (Phi) is 4.89. The number of nitrogens with zero attached hydrogens (tertiary/aromatic N) is 4. The van der Waals surface area contributed by atoms with E-state index >= 15 is 0 Å². The van der Waals surface area contributed by atoms with Crippen LogP contribution in [-0.4, -0.2) is 46.3 Å². The number of fused-ring (bicyclic) bond motifs is 1. The lowest BCUT2D eigenvalue weighted by molar-refractivity contribution is 0.190. The molecule has 0 bridgehead atoms. The van der Waals surface area contributed by atoms with E-state index in [1.54, 1.807) is 17.7 Å². The zero-order valence-electron chi connectivity index (χ0n) is 14.1. The van der Waals surface area contributed by atoms with Gasteiger partial charge in [0.25, 0.3) is 11.4 Å². The highest BCUT2D eigenvalue weighted by Crippen LogP contribution is 2.27. The molecule has 25 heavy (non-hydrogen) atoms. The molecule has 1 N–H and O–H groups in total. The number of rotatable bonds is 2. The summed E-state index contributed by atoms with van der Waals surface area (Å²) >= 11 is 0. The molecule has 1 aliphatic heterocycles. The van der Waals surface area contributed by atoms with E-state index in [0.29, 0.717) is 17.3 Å². The fourth-order valence-electron chi connectivity index (χ4n) is 3.16. The zero-order chi connectivity index (χ0) is 16.7. The maximum Gasteiger partial charge on any atom is 0.258 e. The van der Waals surface area contributed by atoms with Gasteiger partial charge in [-0.2, -0.15) is 4.98 Å². The lowest BCUT2D eigenvalue weighted by Gasteiger charge is -2.30. The molecule has 1 aliphatic rings. The topological polar surface area (TPSA) is 76.2 Å². The minimum atomic E-state index is -0.0973. The van der Waals surface area contributed by atoms with Gasteiger partial charge >= 0.3 is 0 Å². The number of pyridine rings is 1. The Labute approximate surface area is 151 Å². The van der Waals surface area contributed by atoms with Gasteiger partial charge in [-0.1, -0.05) is 23.4 Å². The molecule has 0 amide bonds. The van der Waals surface area contributed by atoms with Gasteiger partial charge in [0, 0.05) is 38.1 Å². The number of likely N-dealkylation sites (N-methyl/N-ethyl adjacent to an activating group) is 1. The summed E-state index contributed by atoms with van der Waals surface area (Å²) in [5, 5.41) is 8.41. The molecule has 1 aromatic carbocycles. The number of nitrogens with one attached hydrogen (secondary N) is 1. The van der Waals surface area contributed by atoms with Crippen LogP contribution in [0.5, 0.6) is 0 Å². The third-order valence-corrected chi connectivity index (χ3v) is 4.64. The van der Waals surface area contributed by atoms with Crippen LogP contribution in [0, 0.1) is 0 Å². The van der Waals surface area contributed by atoms with Crippen LogP contribution in [0.1, 0.15) is 11.9 Å². The predicted molar refractivity (Wildman–Crippen MR) is 98.0 cm³/mol. The summed E-state index contributed by atoms with van der Waals surface area (Å²) in [6.45, 7) is 2.67. The fourth-order valence-corrected chi connectivity index (χ4v) is 3.16. The zero-order valence-corrected chi connectivity index (χ0v) is 14.9. The molecule has 3 aromatic rings. The molecule has 7 nitrogen and oxygen atoms in total. The Morgan fingerprint density at radius 3 is 2.88 bits per heavy atom. The predicted octanol–water partition coefficient (Wildman–Crippen LogP) is 1.59. The van der Waals surface area contributed by atoms with Crippen molar-refractivity contribution in [3.63, 3.8) is 0 Å². The van der Waals surface area contributed by atoms with Gasteiger partial charge < -0.3 is 14.4 Å². The lowest BCUT2D eigenvalue weighted by atomic mass is 10.1. The second-order valence-corrected chi connectivity index (χ2v) is 6.13. The molecule has 8 heteroatoms. The summed E-state index contributed by atoms with van der Waals surface area (Å²) in [6.07, 6.45) is 0. The number of halogens is 1. The first-order valence-electron chi connectivity index (χ1n) is 7.99. The van der Waals surface area contributed by atoms with Crippen LogP contribution < -0.4 is 10.9 Å². The lowest BCUT2D eigenvalue weighted by Crippen LogP contribution is -2.44. The van der Waals surface area contributed by atoms with Crippen LogP contribution in [0.25, 0.3) is 22.4 Å². The van der Waals surface area contributed by atoms with Crippen LogP contribution in [0.3, 0.4) is 0 Å². The van der Waals surface area contributed by atoms with Crippen LogP contribution in [0.4, 0.5) is 0 Å². The standard InChI is InChI=1S/C17H19N5O2.ClH/c1-21-8-7-18-10-14(21)16-19-17(24-20-16)12-9-15(23)22(2)13-6-4-3-5-11(12)13;/h3-6,9,14,18H,7-8,10H2,1-2H3;1H. The van der Waals surface area contributed by atoms with Gasteiger partial charge in [0.05, 0.1) is 17.1 Å². The highest BCUT2D eigenvalue weighted by molar-refractivity contribution is 5.92. The molecule has 3 heterocycles. The van der Waals surface area contributed by atoms with E-state index in [4.69, 9.17) is 4.52 Å². The summed E-state index contributed by atoms with van der Waals surface area (Å²) < 4.78 is 7.11. The summed E-state index contributed by atoms with van der Waals surface area (Å²) in [5.41, 5.74) is 1.43. The molecule has 0 spiro atoms. The highest BCUT2D eigenvalue weighted by Gasteiger charge is 2.26. The Hall–Kier alpha value is -2.22. The van der Waals surface area contributed by atoms with Crippen molar-refractivity contribution in [3.05, 3.63) is 46.5 Å². The minimum Gasteiger partial charge on any atom is -0.334 e. The molecular formula is C17H20ClN5O2. The van der Waals surface area contributed by atoms with Crippen molar-refractivity contribution < 1.29 is 4.52 Å². The van der Waals surface area contributed by atoms with E-state index in [1.807, 2.05) is 24.3 Å². The summed E-state index contributed by atoms with van der Waals surface area (Å²) in [6, 6.07) is 9.36. The molecule has 132 valence electrons. The number of hydrogen-bond acceptors (Lipinski definition) is 6. The van der Waals surface area contributed by atoms with Crippen molar-refractivity contribution in [2.24, 2.45) is 7.05 Å². The van der Waals surface area contributed by atoms with Gasteiger partial charge in [0.15, 0.2) is 5.82 Å². The fraction of sp³-hybridized carbons (Fsp3) is 0.353. The third kappa shape index (κ3) is 3.06. The largest absolute Gasteiger partial charge is 0.334 e. The SMILES string of the molecule is CN1CCNCC1c1noc(-c2cc(=O)n(C)c3ccccc23)n1.Cl. The number of hydrogen-bond donors (Lipinski definition) is 1. The number of aryl methyl sites for hydroxylation is 1. The van der Waals surface area contributed by atoms with Gasteiger partial charge in [0.2, 0.25) is 0 Å². The van der Waals surface area contributed by atoms with Gasteiger partial charge in [-0.3, -0.25) is 9.69 Å². The molecule has 0 radical (unpaired) electrons. The van der Waals surface area contributed by atoms with E-state index in [9.17, 15) is 4.79 Å². The third-order valence-electron chi connectivity index (χ3n) is 4.64. The summed E-state index contributed by atoms with van der Waals surface area (Å²) in [7, 11) is 3.81. The summed E-state index contributed by atoms with van der Waals surface area (Å²) in [5.74, 6) is 1.03. The van der Waals surface area contributed by atoms with Gasteiger partial charge in [-0.25, -0.2) is 0 Å². The molecule has 1 fully saturated rings. The second kappa shape index (κ2) is 6.95. The second-order valence-electron chi connectivity index (χ2n) is 6.13. The van der Waals surface area contributed by atoms with Crippen molar-refractivity contribution in [1.82, 2.24) is 24.9 Å².